The number of nitrogens with one attached hydrogen (secondary N) is 2. The first-order valence-electron chi connectivity index (χ1n) is 6.89. The lowest BCUT2D eigenvalue weighted by atomic mass is 10.3. The molecule has 0 aromatic carbocycles. The smallest absolute Gasteiger partial charge is 0.330 e. The number of hydrogen-bond donors (Lipinski definition) is 2. The third kappa shape index (κ3) is 6.37. The molecule has 0 spiro atoms. The van der Waals surface area contributed by atoms with E-state index in [1.807, 2.05) is 0 Å². The average Bonchev–Trinajstić information content (AvgIpc) is 2.52. The van der Waals surface area contributed by atoms with Crippen LogP contribution < -0.4 is 16.0 Å². The molecule has 24 heavy (non-hydrogen) atoms. The Morgan fingerprint density at radius 3 is 2.50 bits per heavy atom. The van der Waals surface area contributed by atoms with Crippen LogP contribution >= 0.6 is 0 Å². The molecule has 0 aliphatic heterocycles. The van der Waals surface area contributed by atoms with Crippen LogP contribution in [-0.4, -0.2) is 58.6 Å². The second kappa shape index (κ2) is 9.49. The predicted molar refractivity (Wildman–Crippen MR) is 86.1 cm³/mol. The van der Waals surface area contributed by atoms with Crippen LogP contribution in [0.15, 0.2) is 33.3 Å². The first-order valence-corrected chi connectivity index (χ1v) is 8.44. The molecule has 0 aliphatic rings. The normalized spacial score (nSPS) is 14.8. The van der Waals surface area contributed by atoms with E-state index in [1.54, 1.807) is 0 Å². The summed E-state index contributed by atoms with van der Waals surface area (Å²) >= 11 is 0. The Hall–Kier alpha value is -1.79. The third-order valence-corrected chi connectivity index (χ3v) is 3.97. The summed E-state index contributed by atoms with van der Waals surface area (Å²) in [6, 6.07) is 1.17. The van der Waals surface area contributed by atoms with E-state index in [-0.39, 0.29) is 13.2 Å². The number of aromatic nitrogens is 2. The highest BCUT2D eigenvalue weighted by atomic mass is 32.2. The summed E-state index contributed by atoms with van der Waals surface area (Å²) in [6.45, 7) is 0.0484. The van der Waals surface area contributed by atoms with Crippen LogP contribution in [0.2, 0.25) is 0 Å². The number of sulfonamides is 1. The summed E-state index contributed by atoms with van der Waals surface area (Å²) in [7, 11) is 0.546. The molecule has 0 bridgehead atoms. The van der Waals surface area contributed by atoms with Gasteiger partial charge in [-0.15, -0.1) is 0 Å². The van der Waals surface area contributed by atoms with Gasteiger partial charge in [0.1, 0.15) is 6.10 Å². The van der Waals surface area contributed by atoms with Crippen molar-refractivity contribution in [2.75, 3.05) is 34.5 Å². The molecule has 0 amide bonds. The lowest BCUT2D eigenvalue weighted by Crippen LogP contribution is -2.36. The lowest BCUT2D eigenvalue weighted by Gasteiger charge is -2.23. The van der Waals surface area contributed by atoms with Gasteiger partial charge in [-0.3, -0.25) is 14.3 Å². The van der Waals surface area contributed by atoms with Gasteiger partial charge < -0.3 is 14.2 Å². The number of ether oxygens (including phenoxy) is 3. The van der Waals surface area contributed by atoms with Crippen LogP contribution in [0.1, 0.15) is 6.23 Å². The Kier molecular flexibility index (Phi) is 8.01. The van der Waals surface area contributed by atoms with Crippen molar-refractivity contribution in [2.24, 2.45) is 0 Å². The van der Waals surface area contributed by atoms with Crippen molar-refractivity contribution in [1.29, 1.82) is 0 Å². The van der Waals surface area contributed by atoms with E-state index in [4.69, 9.17) is 14.2 Å². The van der Waals surface area contributed by atoms with Crippen molar-refractivity contribution in [3.8, 4) is 0 Å². The fourth-order valence-electron chi connectivity index (χ4n) is 1.75. The third-order valence-electron chi connectivity index (χ3n) is 2.89. The van der Waals surface area contributed by atoms with Crippen molar-refractivity contribution < 1.29 is 22.6 Å². The Bertz CT molecular complexity index is 753. The van der Waals surface area contributed by atoms with E-state index in [2.05, 4.69) is 9.71 Å². The molecule has 2 N–H and O–H groups in total. The molecular formula is C13H21N3O7S. The number of hydrogen-bond acceptors (Lipinski definition) is 7. The van der Waals surface area contributed by atoms with Crippen LogP contribution in [0.25, 0.3) is 0 Å². The molecule has 11 heteroatoms. The van der Waals surface area contributed by atoms with Gasteiger partial charge in [0.2, 0.25) is 10.0 Å². The second-order valence-electron chi connectivity index (χ2n) is 4.63. The second-order valence-corrected chi connectivity index (χ2v) is 6.41. The minimum atomic E-state index is -3.57. The zero-order chi connectivity index (χ0) is 18.2. The van der Waals surface area contributed by atoms with E-state index in [9.17, 15) is 18.0 Å². The number of rotatable bonds is 10. The quantitative estimate of drug-likeness (QED) is 0.533. The maximum Gasteiger partial charge on any atom is 0.330 e. The van der Waals surface area contributed by atoms with Crippen LogP contribution in [-0.2, 0) is 24.2 Å². The Balaban J connectivity index is 3.05. The van der Waals surface area contributed by atoms with Crippen molar-refractivity contribution in [3.05, 3.63) is 44.6 Å². The molecular weight excluding hydrogens is 342 g/mol. The number of H-pyrrole nitrogens is 1. The summed E-state index contributed by atoms with van der Waals surface area (Å²) in [6.07, 6.45) is 0.899. The van der Waals surface area contributed by atoms with E-state index in [0.29, 0.717) is 0 Å². The van der Waals surface area contributed by atoms with Gasteiger partial charge in [0.05, 0.1) is 13.2 Å². The zero-order valence-corrected chi connectivity index (χ0v) is 14.4. The molecule has 10 nitrogen and oxygen atoms in total. The van der Waals surface area contributed by atoms with Gasteiger partial charge in [-0.25, -0.2) is 17.9 Å². The molecule has 1 heterocycles. The SMILES string of the molecule is CNS(=O)(=O)/C=C/[C@H](COC)O[C@H](COC)n1ccc(=O)[nH]c1=O. The molecule has 0 radical (unpaired) electrons. The monoisotopic (exact) mass is 363 g/mol. The van der Waals surface area contributed by atoms with Crippen LogP contribution in [0.3, 0.4) is 0 Å². The molecule has 0 unspecified atom stereocenters. The largest absolute Gasteiger partial charge is 0.382 e. The van der Waals surface area contributed by atoms with E-state index in [1.165, 1.54) is 39.6 Å². The summed E-state index contributed by atoms with van der Waals surface area (Å²) < 4.78 is 41.9. The van der Waals surface area contributed by atoms with Gasteiger partial charge in [-0.1, -0.05) is 0 Å². The number of aromatic amines is 1. The molecule has 1 aromatic heterocycles. The maximum absolute atomic E-state index is 11.9. The fourth-order valence-corrected chi connectivity index (χ4v) is 2.27. The minimum Gasteiger partial charge on any atom is -0.382 e. The lowest BCUT2D eigenvalue weighted by molar-refractivity contribution is -0.0917. The van der Waals surface area contributed by atoms with Crippen LogP contribution in [0.5, 0.6) is 0 Å². The first kappa shape index (κ1) is 20.3. The Labute approximate surface area is 139 Å². The van der Waals surface area contributed by atoms with Gasteiger partial charge in [0.25, 0.3) is 5.56 Å². The highest BCUT2D eigenvalue weighted by molar-refractivity contribution is 7.92. The van der Waals surface area contributed by atoms with Crippen molar-refractivity contribution >= 4 is 10.0 Å². The van der Waals surface area contributed by atoms with Gasteiger partial charge in [0.15, 0.2) is 6.23 Å². The standard InChI is InChI=1S/C13H21N3O7S/c1-14-24(19,20)7-5-10(8-21-2)23-12(9-22-3)16-6-4-11(17)15-13(16)18/h4-7,10,12,14H,8-9H2,1-3H3,(H,15,17,18)/b7-5+/t10-,12-/m1/s1. The van der Waals surface area contributed by atoms with E-state index >= 15 is 0 Å². The van der Waals surface area contributed by atoms with Crippen LogP contribution in [0.4, 0.5) is 0 Å². The summed E-state index contributed by atoms with van der Waals surface area (Å²) in [4.78, 5) is 25.1. The van der Waals surface area contributed by atoms with Gasteiger partial charge in [-0.05, 0) is 13.1 Å². The van der Waals surface area contributed by atoms with Gasteiger partial charge in [0, 0.05) is 31.9 Å². The highest BCUT2D eigenvalue weighted by Gasteiger charge is 2.18. The molecule has 0 aliphatic carbocycles. The molecule has 136 valence electrons. The number of nitrogens with zero attached hydrogens (tertiary/aromatic N) is 1. The Morgan fingerprint density at radius 1 is 1.29 bits per heavy atom. The van der Waals surface area contributed by atoms with Crippen molar-refractivity contribution in [2.45, 2.75) is 12.3 Å². The molecule has 0 saturated carbocycles. The average molecular weight is 363 g/mol. The predicted octanol–water partition coefficient (Wildman–Crippen LogP) is -1.22. The molecule has 2 atom stereocenters. The molecule has 0 fully saturated rings. The first-order chi connectivity index (χ1) is 11.3. The zero-order valence-electron chi connectivity index (χ0n) is 13.6. The molecule has 0 saturated heterocycles. The van der Waals surface area contributed by atoms with Gasteiger partial charge >= 0.3 is 5.69 Å². The maximum atomic E-state index is 11.9. The van der Waals surface area contributed by atoms with Gasteiger partial charge in [-0.2, -0.15) is 0 Å². The fraction of sp³-hybridized carbons (Fsp3) is 0.538. The van der Waals surface area contributed by atoms with Crippen LogP contribution in [0, 0.1) is 0 Å². The van der Waals surface area contributed by atoms with Crippen molar-refractivity contribution in [1.82, 2.24) is 14.3 Å². The summed E-state index contributed by atoms with van der Waals surface area (Å²) in [5.74, 6) is 0. The summed E-state index contributed by atoms with van der Waals surface area (Å²) in [5, 5.41) is 0.941. The topological polar surface area (TPSA) is 129 Å². The summed E-state index contributed by atoms with van der Waals surface area (Å²) in [5.41, 5.74) is -1.21. The minimum absolute atomic E-state index is 0.00121. The molecule has 1 aromatic rings. The van der Waals surface area contributed by atoms with E-state index in [0.717, 1.165) is 9.98 Å². The highest BCUT2D eigenvalue weighted by Crippen LogP contribution is 2.11. The van der Waals surface area contributed by atoms with E-state index < -0.39 is 33.6 Å². The van der Waals surface area contributed by atoms with Crippen molar-refractivity contribution in [3.63, 3.8) is 0 Å². The number of methoxy groups -OCH3 is 2. The Morgan fingerprint density at radius 2 is 1.96 bits per heavy atom. The molecule has 1 rings (SSSR count).